The van der Waals surface area contributed by atoms with Crippen LogP contribution in [-0.2, 0) is 128 Å². The maximum absolute atomic E-state index is 15.0. The second-order valence-corrected chi connectivity index (χ2v) is 35.3. The highest BCUT2D eigenvalue weighted by molar-refractivity contribution is 6.02. The molecular weight excluding hydrogens is 1930 g/mol. The van der Waals surface area contributed by atoms with Gasteiger partial charge in [-0.25, -0.2) is 0 Å². The van der Waals surface area contributed by atoms with E-state index in [4.69, 9.17) is 28.0 Å². The molecule has 1 aromatic carbocycles. The van der Waals surface area contributed by atoms with Crippen LogP contribution in [0.15, 0.2) is 128 Å². The maximum Gasteiger partial charge on any atom is 0.303 e. The number of H-pyrrole nitrogens is 1. The van der Waals surface area contributed by atoms with E-state index in [1.807, 2.05) is 0 Å². The molecule has 5 heterocycles. The summed E-state index contributed by atoms with van der Waals surface area (Å²) in [5.74, 6) is -20.5. The number of rotatable bonds is 62. The van der Waals surface area contributed by atoms with Gasteiger partial charge in [0, 0.05) is 120 Å². The predicted octanol–water partition coefficient (Wildman–Crippen LogP) is -6.10. The van der Waals surface area contributed by atoms with E-state index in [1.54, 1.807) is 113 Å². The molecule has 0 aliphatic rings. The summed E-state index contributed by atoms with van der Waals surface area (Å²) in [5, 5.41) is 82.9. The summed E-state index contributed by atoms with van der Waals surface area (Å²) in [7, 11) is 0. The third-order valence-corrected chi connectivity index (χ3v) is 22.7. The van der Waals surface area contributed by atoms with Gasteiger partial charge < -0.3 is 133 Å². The van der Waals surface area contributed by atoms with Crippen molar-refractivity contribution in [1.82, 2.24) is 136 Å². The molecule has 17 atom stereocenters. The highest BCUT2D eigenvalue weighted by Crippen LogP contribution is 2.21. The number of para-hydroxylation sites is 1. The van der Waals surface area contributed by atoms with Gasteiger partial charge in [0.05, 0.1) is 22.8 Å². The second-order valence-electron chi connectivity index (χ2n) is 35.3. The smallest absolute Gasteiger partial charge is 0.303 e. The number of fused-ring (bicyclic) bond motifs is 1. The van der Waals surface area contributed by atoms with E-state index in [-0.39, 0.29) is 83.9 Å². The first-order chi connectivity index (χ1) is 70.0. The molecule has 5 aromatic heterocycles. The molecule has 6 rings (SSSR count). The number of aromatic nitrogens is 5. The number of guanidine groups is 2. The van der Waals surface area contributed by atoms with Gasteiger partial charge in [-0.3, -0.25) is 136 Å². The number of pyridine rings is 4. The molecule has 0 aliphatic carbocycles. The molecule has 0 bridgehead atoms. The van der Waals surface area contributed by atoms with Gasteiger partial charge in [0.1, 0.15) is 103 Å². The minimum atomic E-state index is -1.77. The van der Waals surface area contributed by atoms with E-state index in [0.717, 1.165) is 10.9 Å². The molecule has 802 valence electrons. The normalized spacial score (nSPS) is 14.5. The largest absolute Gasteiger partial charge is 0.481 e. The van der Waals surface area contributed by atoms with Crippen LogP contribution in [0.5, 0.6) is 0 Å². The SMILES string of the molecule is CC(=O)N[C@@H](Cc1c[nH]c2ccccc12)C(=O)N[C@@H](CCC(=O)O)C(=O)N[C@@H](C)C(=O)N[C@@H](C)C(=O)N[C@@H](C)C(=O)N[C@@H](CCCNC(=N)N)C(=O)N[C@@H](CN(Cc1ccccn1)Cc1ccccn1)C(=O)N[C@@H](C)C(=O)N[C@@H](C)C(=O)N[C@@H](C)C(=O)N[C@@H](CN(Cc1ccccn1)Cc1ccccn1)C(=O)N[C@@H](CCC(=O)O)C(=O)N[C@@H](C)C(=O)N[C@@H](C)C(=O)N[C@@H](C)C(=O)N[C@@H](CCCNC(=N)N)C(=O)N[C@@H](C)C(N)=O. The number of aliphatic carboxylic acids is 2. The lowest BCUT2D eigenvalue weighted by molar-refractivity contribution is -0.139. The molecule has 148 heavy (non-hydrogen) atoms. The number of nitrogens with two attached hydrogens (primary N) is 3. The Kier molecular flexibility index (Phi) is 49.2. The topological polar surface area (TPSA) is 810 Å². The fraction of sp³-hybridized carbons (Fsp3) is 0.474. The molecule has 30 N–H and O–H groups in total. The van der Waals surface area contributed by atoms with Crippen molar-refractivity contribution in [1.29, 1.82) is 10.8 Å². The zero-order valence-corrected chi connectivity index (χ0v) is 83.9. The van der Waals surface area contributed by atoms with Gasteiger partial charge in [0.15, 0.2) is 11.9 Å². The standard InChI is InChI=1S/C95H135N31O22/c1-50(77(96)132)108-87(142)68(30-22-40-105-94(97)98)119-84(139)57(8)112-78(133)51(2)110-82(137)55(6)116-89(144)71(33-35-76(130)131)122-93(148)74(49-126(46-64-26-16-20-38-103-64)47-65-27-17-21-39-104-65)123-86(141)59(10)114-80(135)53(4)111-83(138)56(7)117-92(147)73(48-125(44-62-24-14-18-36-101-62)45-63-25-15-19-37-102-63)124-90(145)69(31-23-41-106-95(99)100)120-85(140)58(9)113-79(134)52(3)109-81(136)54(5)115-88(143)70(32-34-75(128)129)121-91(146)72(118-60(11)127)42-61-43-107-67-29-13-12-28-66(61)67/h12-21,24-29,36-39,43,50-59,68-74,107H,22-23,30-35,40-42,44-49H2,1-11H3,(H2,96,132)(H,108,142)(H,109,136)(H,110,137)(H,111,138)(H,112,133)(H,113,134)(H,114,135)(H,115,143)(H,116,144)(H,117,147)(H,118,127)(H,119,139)(H,120,140)(H,121,146)(H,122,148)(H,123,141)(H,124,145)(H,128,129)(H,130,131)(H4,97,98,105)(H4,99,100,106)/t50-,51-,52-,53-,54-,55-,56-,57-,58-,59-,68-,69-,70-,71-,72-,73-,74-/m0/s1. The number of primary amides is 1. The zero-order chi connectivity index (χ0) is 110. The molecule has 53 heteroatoms. The number of carboxylic acids is 2. The van der Waals surface area contributed by atoms with Gasteiger partial charge >= 0.3 is 11.9 Å². The highest BCUT2D eigenvalue weighted by atomic mass is 16.4. The van der Waals surface area contributed by atoms with E-state index in [2.05, 4.69) is 126 Å². The highest BCUT2D eigenvalue weighted by Gasteiger charge is 2.39. The Morgan fingerprint density at radius 2 is 0.568 bits per heavy atom. The van der Waals surface area contributed by atoms with Crippen molar-refractivity contribution < 1.29 is 106 Å². The van der Waals surface area contributed by atoms with Crippen LogP contribution in [0, 0.1) is 10.8 Å². The molecule has 53 nitrogen and oxygen atoms in total. The molecule has 0 unspecified atom stereocenters. The quantitative estimate of drug-likeness (QED) is 0.00960. The Bertz CT molecular complexity index is 5510. The van der Waals surface area contributed by atoms with E-state index in [1.165, 1.54) is 101 Å². The molecule has 0 spiro atoms. The first-order valence-corrected chi connectivity index (χ1v) is 47.7. The number of carbonyl (C=O) groups is 20. The monoisotopic (exact) mass is 2060 g/mol. The fourth-order valence-electron chi connectivity index (χ4n) is 14.5. The number of carboxylic acid groups (broad SMARTS) is 2. The first-order valence-electron chi connectivity index (χ1n) is 47.7. The van der Waals surface area contributed by atoms with Crippen molar-refractivity contribution in [3.63, 3.8) is 0 Å². The van der Waals surface area contributed by atoms with Crippen molar-refractivity contribution >= 4 is 141 Å². The number of nitrogens with one attached hydrogen (secondary N) is 22. The van der Waals surface area contributed by atoms with Gasteiger partial charge in [0.2, 0.25) is 106 Å². The van der Waals surface area contributed by atoms with Crippen molar-refractivity contribution in [2.24, 2.45) is 17.2 Å². The Labute approximate surface area is 852 Å². The zero-order valence-electron chi connectivity index (χ0n) is 83.9. The third kappa shape index (κ3) is 42.6. The number of nitrogens with zero attached hydrogens (tertiary/aromatic N) is 6. The summed E-state index contributed by atoms with van der Waals surface area (Å²) in [5.41, 5.74) is 19.6. The van der Waals surface area contributed by atoms with Crippen LogP contribution in [0.1, 0.15) is 156 Å². The molecule has 18 amide bonds. The average Bonchev–Trinajstić information content (AvgIpc) is 1.69. The van der Waals surface area contributed by atoms with Crippen LogP contribution < -0.4 is 118 Å². The van der Waals surface area contributed by atoms with Gasteiger partial charge in [-0.15, -0.1) is 0 Å². The summed E-state index contributed by atoms with van der Waals surface area (Å²) < 4.78 is 0. The van der Waals surface area contributed by atoms with Crippen LogP contribution in [-0.4, -0.2) is 304 Å². The van der Waals surface area contributed by atoms with Gasteiger partial charge in [-0.05, 0) is 168 Å². The van der Waals surface area contributed by atoms with Gasteiger partial charge in [-0.2, -0.15) is 0 Å². The molecule has 0 fully saturated rings. The Hall–Kier alpha value is -16.8. The first kappa shape index (κ1) is 120. The molecule has 0 aliphatic heterocycles. The minimum Gasteiger partial charge on any atom is -0.481 e. The van der Waals surface area contributed by atoms with Crippen LogP contribution in [0.25, 0.3) is 10.9 Å². The molecule has 6 aromatic rings. The molecule has 0 saturated heterocycles. The number of hydrogen-bond acceptors (Lipinski definition) is 28. The Balaban J connectivity index is 1.17. The molecule has 0 radical (unpaired) electrons. The lowest BCUT2D eigenvalue weighted by atomic mass is 10.0. The summed E-state index contributed by atoms with van der Waals surface area (Å²) in [6.45, 7) is 13.0. The number of aromatic amines is 1. The predicted molar refractivity (Wildman–Crippen MR) is 534 cm³/mol. The summed E-state index contributed by atoms with van der Waals surface area (Å²) in [4.78, 5) is 298. The van der Waals surface area contributed by atoms with Crippen molar-refractivity contribution in [3.05, 3.63) is 156 Å². The van der Waals surface area contributed by atoms with Gasteiger partial charge in [0.25, 0.3) is 0 Å². The van der Waals surface area contributed by atoms with E-state index in [0.29, 0.717) is 28.3 Å². The lowest BCUT2D eigenvalue weighted by Crippen LogP contribution is -2.61. The Morgan fingerprint density at radius 3 is 0.865 bits per heavy atom. The number of amides is 18. The van der Waals surface area contributed by atoms with Crippen molar-refractivity contribution in [2.75, 3.05) is 26.2 Å². The lowest BCUT2D eigenvalue weighted by Gasteiger charge is -2.30. The van der Waals surface area contributed by atoms with E-state index in [9.17, 15) is 101 Å². The van der Waals surface area contributed by atoms with Crippen LogP contribution in [0.4, 0.5) is 0 Å². The van der Waals surface area contributed by atoms with E-state index < -0.39 is 259 Å². The minimum absolute atomic E-state index is 0.00272. The molecular formula is C95H135N31O22. The summed E-state index contributed by atoms with van der Waals surface area (Å²) in [6.07, 6.45) is 5.23. The van der Waals surface area contributed by atoms with Crippen molar-refractivity contribution in [3.8, 4) is 0 Å². The van der Waals surface area contributed by atoms with E-state index >= 15 is 4.79 Å². The maximum atomic E-state index is 15.0. The van der Waals surface area contributed by atoms with Crippen LogP contribution >= 0.6 is 0 Å². The summed E-state index contributed by atoms with van der Waals surface area (Å²) in [6, 6.07) is 2.18. The number of hydrogen-bond donors (Lipinski definition) is 27. The van der Waals surface area contributed by atoms with Crippen LogP contribution in [0.2, 0.25) is 0 Å². The average molecular weight is 2060 g/mol. The third-order valence-electron chi connectivity index (χ3n) is 22.7. The number of carbonyl (C=O) groups excluding carboxylic acids is 18. The van der Waals surface area contributed by atoms with Crippen LogP contribution in [0.3, 0.4) is 0 Å². The van der Waals surface area contributed by atoms with Gasteiger partial charge in [-0.1, -0.05) is 42.5 Å². The Morgan fingerprint density at radius 1 is 0.318 bits per heavy atom. The summed E-state index contributed by atoms with van der Waals surface area (Å²) >= 11 is 0. The van der Waals surface area contributed by atoms with Crippen molar-refractivity contribution in [2.45, 2.75) is 263 Å². The second kappa shape index (κ2) is 60.7. The fourth-order valence-corrected chi connectivity index (χ4v) is 14.5. The number of benzene rings is 1. The molecule has 0 saturated carbocycles.